The minimum Gasteiger partial charge on any atom is -0.320 e. The average Bonchev–Trinajstić information content (AvgIpc) is 3.16. The van der Waals surface area contributed by atoms with Gasteiger partial charge < -0.3 is 10.2 Å². The van der Waals surface area contributed by atoms with E-state index < -0.39 is 0 Å². The molecule has 3 aromatic rings. The van der Waals surface area contributed by atoms with Gasteiger partial charge >= 0.3 is 6.03 Å². The summed E-state index contributed by atoms with van der Waals surface area (Å²) in [6, 6.07) is 13.6. The molecule has 3 heterocycles. The number of pyridine rings is 1. The van der Waals surface area contributed by atoms with E-state index in [0.29, 0.717) is 24.6 Å². The highest BCUT2D eigenvalue weighted by Crippen LogP contribution is 2.21. The summed E-state index contributed by atoms with van der Waals surface area (Å²) in [6.07, 6.45) is 6.05. The molecule has 1 aromatic carbocycles. The molecule has 6 heteroatoms. The number of urea groups is 1. The summed E-state index contributed by atoms with van der Waals surface area (Å²) in [5, 5.41) is 7.15. The predicted molar refractivity (Wildman–Crippen MR) is 90.9 cm³/mol. The van der Waals surface area contributed by atoms with Crippen molar-refractivity contribution in [1.29, 1.82) is 0 Å². The van der Waals surface area contributed by atoms with Crippen molar-refractivity contribution in [2.24, 2.45) is 0 Å². The van der Waals surface area contributed by atoms with Gasteiger partial charge in [0.25, 0.3) is 0 Å². The van der Waals surface area contributed by atoms with E-state index in [2.05, 4.69) is 27.5 Å². The smallest absolute Gasteiger partial charge is 0.320 e. The standard InChI is InChI=1S/C18H17N5O/c24-18(22-12-8-14-5-1-2-6-15(14)13-22)21-16-7-3-9-19-17(16)23-11-4-10-20-23/h1-7,9-11H,8,12-13H2,(H,21,24). The van der Waals surface area contributed by atoms with Crippen LogP contribution in [-0.2, 0) is 13.0 Å². The molecule has 6 nitrogen and oxygen atoms in total. The van der Waals surface area contributed by atoms with Crippen LogP contribution in [0.2, 0.25) is 0 Å². The minimum absolute atomic E-state index is 0.120. The maximum Gasteiger partial charge on any atom is 0.322 e. The van der Waals surface area contributed by atoms with E-state index in [9.17, 15) is 4.79 Å². The van der Waals surface area contributed by atoms with E-state index in [1.807, 2.05) is 29.2 Å². The normalized spacial score (nSPS) is 13.4. The van der Waals surface area contributed by atoms with E-state index in [1.54, 1.807) is 29.3 Å². The van der Waals surface area contributed by atoms with E-state index in [4.69, 9.17) is 0 Å². The Kier molecular flexibility index (Phi) is 3.70. The third-order valence-corrected chi connectivity index (χ3v) is 4.17. The van der Waals surface area contributed by atoms with Crippen molar-refractivity contribution in [3.63, 3.8) is 0 Å². The second kappa shape index (κ2) is 6.16. The highest BCUT2D eigenvalue weighted by Gasteiger charge is 2.21. The zero-order valence-electron chi connectivity index (χ0n) is 13.1. The van der Waals surface area contributed by atoms with E-state index >= 15 is 0 Å². The number of nitrogens with zero attached hydrogens (tertiary/aromatic N) is 4. The molecule has 0 bridgehead atoms. The molecule has 0 fully saturated rings. The first-order valence-corrected chi connectivity index (χ1v) is 7.89. The number of hydrogen-bond donors (Lipinski definition) is 1. The number of carbonyl (C=O) groups is 1. The Hall–Kier alpha value is -3.15. The fourth-order valence-electron chi connectivity index (χ4n) is 2.93. The van der Waals surface area contributed by atoms with Crippen molar-refractivity contribution in [3.8, 4) is 5.82 Å². The molecular formula is C18H17N5O. The number of aromatic nitrogens is 3. The summed E-state index contributed by atoms with van der Waals surface area (Å²) in [7, 11) is 0. The monoisotopic (exact) mass is 319 g/mol. The van der Waals surface area contributed by atoms with Crippen LogP contribution in [0.25, 0.3) is 5.82 Å². The van der Waals surface area contributed by atoms with Crippen molar-refractivity contribution in [2.45, 2.75) is 13.0 Å². The quantitative estimate of drug-likeness (QED) is 0.790. The number of fused-ring (bicyclic) bond motifs is 1. The predicted octanol–water partition coefficient (Wildman–Crippen LogP) is 2.86. The highest BCUT2D eigenvalue weighted by atomic mass is 16.2. The zero-order chi connectivity index (χ0) is 16.4. The third-order valence-electron chi connectivity index (χ3n) is 4.17. The van der Waals surface area contributed by atoms with Crippen LogP contribution in [0.15, 0.2) is 61.1 Å². The Morgan fingerprint density at radius 1 is 1.04 bits per heavy atom. The van der Waals surface area contributed by atoms with Crippen LogP contribution in [0.1, 0.15) is 11.1 Å². The zero-order valence-corrected chi connectivity index (χ0v) is 13.1. The average molecular weight is 319 g/mol. The van der Waals surface area contributed by atoms with Gasteiger partial charge in [-0.1, -0.05) is 24.3 Å². The van der Waals surface area contributed by atoms with Gasteiger partial charge in [-0.25, -0.2) is 14.5 Å². The number of hydrogen-bond acceptors (Lipinski definition) is 3. The number of amides is 2. The summed E-state index contributed by atoms with van der Waals surface area (Å²) in [6.45, 7) is 1.33. The largest absolute Gasteiger partial charge is 0.322 e. The molecule has 0 unspecified atom stereocenters. The molecule has 2 aromatic heterocycles. The van der Waals surface area contributed by atoms with Gasteiger partial charge in [0.05, 0.1) is 5.69 Å². The molecular weight excluding hydrogens is 302 g/mol. The van der Waals surface area contributed by atoms with Crippen molar-refractivity contribution in [1.82, 2.24) is 19.7 Å². The molecule has 0 saturated heterocycles. The van der Waals surface area contributed by atoms with E-state index in [0.717, 1.165) is 6.42 Å². The molecule has 1 N–H and O–H groups in total. The Balaban J connectivity index is 1.54. The second-order valence-corrected chi connectivity index (χ2v) is 5.70. The molecule has 0 saturated carbocycles. The fraction of sp³-hybridized carbons (Fsp3) is 0.167. The lowest BCUT2D eigenvalue weighted by Gasteiger charge is -2.29. The lowest BCUT2D eigenvalue weighted by atomic mass is 10.0. The lowest BCUT2D eigenvalue weighted by molar-refractivity contribution is 0.206. The lowest BCUT2D eigenvalue weighted by Crippen LogP contribution is -2.39. The maximum atomic E-state index is 12.7. The summed E-state index contributed by atoms with van der Waals surface area (Å²) < 4.78 is 1.64. The van der Waals surface area contributed by atoms with Gasteiger partial charge in [-0.15, -0.1) is 0 Å². The molecule has 4 rings (SSSR count). The van der Waals surface area contributed by atoms with Crippen LogP contribution in [0.4, 0.5) is 10.5 Å². The van der Waals surface area contributed by atoms with Crippen molar-refractivity contribution < 1.29 is 4.79 Å². The van der Waals surface area contributed by atoms with Crippen LogP contribution < -0.4 is 5.32 Å². The van der Waals surface area contributed by atoms with Gasteiger partial charge in [0.15, 0.2) is 5.82 Å². The Morgan fingerprint density at radius 2 is 1.92 bits per heavy atom. The van der Waals surface area contributed by atoms with E-state index in [1.165, 1.54) is 11.1 Å². The summed E-state index contributed by atoms with van der Waals surface area (Å²) in [4.78, 5) is 18.8. The fourth-order valence-corrected chi connectivity index (χ4v) is 2.93. The van der Waals surface area contributed by atoms with Gasteiger partial charge in [-0.3, -0.25) is 0 Å². The van der Waals surface area contributed by atoms with Crippen LogP contribution >= 0.6 is 0 Å². The third kappa shape index (κ3) is 2.74. The maximum absolute atomic E-state index is 12.7. The molecule has 1 aliphatic heterocycles. The number of benzene rings is 1. The molecule has 120 valence electrons. The first kappa shape index (κ1) is 14.4. The second-order valence-electron chi connectivity index (χ2n) is 5.70. The summed E-state index contributed by atoms with van der Waals surface area (Å²) in [5.74, 6) is 0.605. The molecule has 0 atom stereocenters. The number of nitrogens with one attached hydrogen (secondary N) is 1. The minimum atomic E-state index is -0.120. The molecule has 0 radical (unpaired) electrons. The van der Waals surface area contributed by atoms with Gasteiger partial charge in [0.2, 0.25) is 0 Å². The Morgan fingerprint density at radius 3 is 2.75 bits per heavy atom. The van der Waals surface area contributed by atoms with Crippen LogP contribution in [0.5, 0.6) is 0 Å². The summed E-state index contributed by atoms with van der Waals surface area (Å²) in [5.41, 5.74) is 3.17. The van der Waals surface area contributed by atoms with Crippen molar-refractivity contribution in [3.05, 3.63) is 72.2 Å². The van der Waals surface area contributed by atoms with Gasteiger partial charge in [-0.05, 0) is 35.7 Å². The SMILES string of the molecule is O=C(Nc1cccnc1-n1cccn1)N1CCc2ccccc2C1. The topological polar surface area (TPSA) is 63.1 Å². The highest BCUT2D eigenvalue weighted by molar-refractivity contribution is 5.91. The first-order chi connectivity index (χ1) is 11.8. The summed E-state index contributed by atoms with van der Waals surface area (Å²) >= 11 is 0. The van der Waals surface area contributed by atoms with Gasteiger partial charge in [0.1, 0.15) is 0 Å². The molecule has 24 heavy (non-hydrogen) atoms. The Labute approximate surface area is 139 Å². The number of carbonyl (C=O) groups excluding carboxylic acids is 1. The van der Waals surface area contributed by atoms with Gasteiger partial charge in [0, 0.05) is 31.7 Å². The number of anilines is 1. The first-order valence-electron chi connectivity index (χ1n) is 7.89. The number of rotatable bonds is 2. The molecule has 1 aliphatic rings. The van der Waals surface area contributed by atoms with Crippen LogP contribution in [0, 0.1) is 0 Å². The molecule has 0 spiro atoms. The van der Waals surface area contributed by atoms with Crippen LogP contribution in [-0.4, -0.2) is 32.2 Å². The van der Waals surface area contributed by atoms with E-state index in [-0.39, 0.29) is 6.03 Å². The molecule has 2 amide bonds. The van der Waals surface area contributed by atoms with Crippen LogP contribution in [0.3, 0.4) is 0 Å². The van der Waals surface area contributed by atoms with Gasteiger partial charge in [-0.2, -0.15) is 5.10 Å². The Bertz CT molecular complexity index is 859. The van der Waals surface area contributed by atoms with Crippen molar-refractivity contribution in [2.75, 3.05) is 11.9 Å². The van der Waals surface area contributed by atoms with Crippen molar-refractivity contribution >= 4 is 11.7 Å². The molecule has 0 aliphatic carbocycles.